The number of hydrogen-bond donors (Lipinski definition) is 1. The Balaban J connectivity index is 2.73. The number of carboxylic acids is 1. The van der Waals surface area contributed by atoms with Crippen LogP contribution in [0.4, 0.5) is 0 Å². The molecule has 0 saturated heterocycles. The molecule has 6 nitrogen and oxygen atoms in total. The topological polar surface area (TPSA) is 71.8 Å². The zero-order valence-electron chi connectivity index (χ0n) is 12.2. The fourth-order valence-corrected chi connectivity index (χ4v) is 1.95. The summed E-state index contributed by atoms with van der Waals surface area (Å²) in [6.07, 6.45) is 1.60. The van der Waals surface area contributed by atoms with Crippen LogP contribution in [0.5, 0.6) is 0 Å². The molecule has 0 aliphatic heterocycles. The van der Waals surface area contributed by atoms with Crippen molar-refractivity contribution in [3.63, 3.8) is 0 Å². The maximum absolute atomic E-state index is 12.3. The smallest absolute Gasteiger partial charge is 0.352 e. The molecule has 6 heteroatoms. The predicted octanol–water partition coefficient (Wildman–Crippen LogP) is 1.32. The van der Waals surface area contributed by atoms with E-state index in [1.165, 1.54) is 10.6 Å². The van der Waals surface area contributed by atoms with Crippen molar-refractivity contribution in [2.45, 2.75) is 20.4 Å². The molecular formula is C14H22N2O4. The summed E-state index contributed by atoms with van der Waals surface area (Å²) >= 11 is 0. The van der Waals surface area contributed by atoms with Gasteiger partial charge in [-0.3, -0.25) is 4.79 Å². The molecule has 112 valence electrons. The van der Waals surface area contributed by atoms with Crippen LogP contribution < -0.4 is 0 Å². The maximum Gasteiger partial charge on any atom is 0.352 e. The highest BCUT2D eigenvalue weighted by molar-refractivity contribution is 5.86. The van der Waals surface area contributed by atoms with E-state index < -0.39 is 5.97 Å². The third kappa shape index (κ3) is 4.70. The minimum atomic E-state index is -1.03. The molecular weight excluding hydrogens is 260 g/mol. The van der Waals surface area contributed by atoms with Crippen molar-refractivity contribution in [1.29, 1.82) is 0 Å². The first-order valence-corrected chi connectivity index (χ1v) is 6.60. The molecule has 1 N–H and O–H groups in total. The van der Waals surface area contributed by atoms with E-state index in [-0.39, 0.29) is 18.1 Å². The third-order valence-corrected chi connectivity index (χ3v) is 2.86. The van der Waals surface area contributed by atoms with Crippen molar-refractivity contribution in [2.75, 3.05) is 26.8 Å². The SMILES string of the molecule is COCCN(CC(C)C)C(=O)Cn1cccc1C(=O)O. The Morgan fingerprint density at radius 1 is 1.45 bits per heavy atom. The van der Waals surface area contributed by atoms with E-state index in [4.69, 9.17) is 9.84 Å². The summed E-state index contributed by atoms with van der Waals surface area (Å²) in [5, 5.41) is 9.03. The summed E-state index contributed by atoms with van der Waals surface area (Å²) in [6, 6.07) is 3.11. The molecule has 0 radical (unpaired) electrons. The third-order valence-electron chi connectivity index (χ3n) is 2.86. The van der Waals surface area contributed by atoms with Crippen LogP contribution in [-0.4, -0.2) is 53.3 Å². The highest BCUT2D eigenvalue weighted by Crippen LogP contribution is 2.06. The molecule has 20 heavy (non-hydrogen) atoms. The van der Waals surface area contributed by atoms with E-state index in [1.807, 2.05) is 13.8 Å². The molecule has 1 amide bonds. The number of amides is 1. The minimum Gasteiger partial charge on any atom is -0.477 e. The highest BCUT2D eigenvalue weighted by Gasteiger charge is 2.17. The molecule has 0 bridgehead atoms. The second-order valence-corrected chi connectivity index (χ2v) is 5.05. The predicted molar refractivity (Wildman–Crippen MR) is 74.7 cm³/mol. The molecule has 0 aromatic carbocycles. The van der Waals surface area contributed by atoms with Gasteiger partial charge in [0.15, 0.2) is 0 Å². The van der Waals surface area contributed by atoms with Gasteiger partial charge in [0.05, 0.1) is 6.61 Å². The number of hydrogen-bond acceptors (Lipinski definition) is 3. The Morgan fingerprint density at radius 2 is 2.15 bits per heavy atom. The number of rotatable bonds is 8. The standard InChI is InChI=1S/C14H22N2O4/c1-11(2)9-16(7-8-20-3)13(17)10-15-6-4-5-12(15)14(18)19/h4-6,11H,7-10H2,1-3H3,(H,18,19). The number of ether oxygens (including phenoxy) is 1. The fourth-order valence-electron chi connectivity index (χ4n) is 1.95. The lowest BCUT2D eigenvalue weighted by atomic mass is 10.2. The Hall–Kier alpha value is -1.82. The summed E-state index contributed by atoms with van der Waals surface area (Å²) < 4.78 is 6.46. The normalized spacial score (nSPS) is 10.8. The van der Waals surface area contributed by atoms with Crippen molar-refractivity contribution in [3.05, 3.63) is 24.0 Å². The Morgan fingerprint density at radius 3 is 2.70 bits per heavy atom. The lowest BCUT2D eigenvalue weighted by molar-refractivity contribution is -0.133. The largest absolute Gasteiger partial charge is 0.477 e. The lowest BCUT2D eigenvalue weighted by Crippen LogP contribution is -2.39. The molecule has 0 fully saturated rings. The second kappa shape index (κ2) is 7.69. The number of aromatic carboxylic acids is 1. The average molecular weight is 282 g/mol. The van der Waals surface area contributed by atoms with E-state index in [0.717, 1.165) is 0 Å². The van der Waals surface area contributed by atoms with Gasteiger partial charge in [-0.05, 0) is 18.1 Å². The van der Waals surface area contributed by atoms with Crippen molar-refractivity contribution in [2.24, 2.45) is 5.92 Å². The second-order valence-electron chi connectivity index (χ2n) is 5.05. The molecule has 0 atom stereocenters. The van der Waals surface area contributed by atoms with Gasteiger partial charge in [0.1, 0.15) is 12.2 Å². The van der Waals surface area contributed by atoms with Crippen molar-refractivity contribution < 1.29 is 19.4 Å². The van der Waals surface area contributed by atoms with Crippen LogP contribution in [0.25, 0.3) is 0 Å². The monoisotopic (exact) mass is 282 g/mol. The first kappa shape index (κ1) is 16.2. The van der Waals surface area contributed by atoms with Gasteiger partial charge < -0.3 is 19.3 Å². The maximum atomic E-state index is 12.3. The Bertz CT molecular complexity index is 454. The van der Waals surface area contributed by atoms with Gasteiger partial charge in [-0.25, -0.2) is 4.79 Å². The minimum absolute atomic E-state index is 0.0328. The van der Waals surface area contributed by atoms with Crippen LogP contribution in [-0.2, 0) is 16.1 Å². The first-order valence-electron chi connectivity index (χ1n) is 6.60. The summed E-state index contributed by atoms with van der Waals surface area (Å²) in [6.45, 7) is 5.71. The van der Waals surface area contributed by atoms with Crippen LogP contribution in [0.15, 0.2) is 18.3 Å². The van der Waals surface area contributed by atoms with Gasteiger partial charge in [0.2, 0.25) is 5.91 Å². The van der Waals surface area contributed by atoms with E-state index >= 15 is 0 Å². The lowest BCUT2D eigenvalue weighted by Gasteiger charge is -2.24. The van der Waals surface area contributed by atoms with Crippen molar-refractivity contribution in [1.82, 2.24) is 9.47 Å². The van der Waals surface area contributed by atoms with Crippen LogP contribution in [0.1, 0.15) is 24.3 Å². The van der Waals surface area contributed by atoms with Gasteiger partial charge >= 0.3 is 5.97 Å². The first-order chi connectivity index (χ1) is 9.45. The molecule has 0 unspecified atom stereocenters. The van der Waals surface area contributed by atoms with Crippen LogP contribution in [0.2, 0.25) is 0 Å². The van der Waals surface area contributed by atoms with Crippen LogP contribution in [0, 0.1) is 5.92 Å². The van der Waals surface area contributed by atoms with Gasteiger partial charge in [-0.1, -0.05) is 13.8 Å². The van der Waals surface area contributed by atoms with E-state index in [1.54, 1.807) is 24.3 Å². The van der Waals surface area contributed by atoms with Crippen molar-refractivity contribution >= 4 is 11.9 Å². The number of aromatic nitrogens is 1. The fraction of sp³-hybridized carbons (Fsp3) is 0.571. The van der Waals surface area contributed by atoms with Gasteiger partial charge in [0, 0.05) is 26.4 Å². The summed E-state index contributed by atoms with van der Waals surface area (Å²) in [5.74, 6) is -0.788. The molecule has 0 spiro atoms. The number of carboxylic acid groups (broad SMARTS) is 1. The van der Waals surface area contributed by atoms with Gasteiger partial charge in [-0.2, -0.15) is 0 Å². The van der Waals surface area contributed by atoms with Gasteiger partial charge in [-0.15, -0.1) is 0 Å². The number of carbonyl (C=O) groups excluding carboxylic acids is 1. The van der Waals surface area contributed by atoms with Crippen LogP contribution in [0.3, 0.4) is 0 Å². The Kier molecular flexibility index (Phi) is 6.24. The summed E-state index contributed by atoms with van der Waals surface area (Å²) in [4.78, 5) is 25.0. The molecule has 1 rings (SSSR count). The Labute approximate surface area is 118 Å². The number of carbonyl (C=O) groups is 2. The molecule has 1 aromatic heterocycles. The summed E-state index contributed by atoms with van der Waals surface area (Å²) in [5.41, 5.74) is 0.120. The van der Waals surface area contributed by atoms with Crippen LogP contribution >= 0.6 is 0 Å². The van der Waals surface area contributed by atoms with E-state index in [9.17, 15) is 9.59 Å². The average Bonchev–Trinajstić information content (AvgIpc) is 2.82. The number of nitrogens with zero attached hydrogens (tertiary/aromatic N) is 2. The molecule has 0 aliphatic carbocycles. The van der Waals surface area contributed by atoms with Crippen molar-refractivity contribution in [3.8, 4) is 0 Å². The molecule has 0 aliphatic rings. The molecule has 1 heterocycles. The van der Waals surface area contributed by atoms with E-state index in [0.29, 0.717) is 25.6 Å². The summed E-state index contributed by atoms with van der Waals surface area (Å²) in [7, 11) is 1.59. The highest BCUT2D eigenvalue weighted by atomic mass is 16.5. The zero-order chi connectivity index (χ0) is 15.1. The zero-order valence-corrected chi connectivity index (χ0v) is 12.2. The van der Waals surface area contributed by atoms with E-state index in [2.05, 4.69) is 0 Å². The molecule has 1 aromatic rings. The molecule has 0 saturated carbocycles. The quantitative estimate of drug-likeness (QED) is 0.780. The van der Waals surface area contributed by atoms with Gasteiger partial charge in [0.25, 0.3) is 0 Å². The number of methoxy groups -OCH3 is 1.